The summed E-state index contributed by atoms with van der Waals surface area (Å²) in [5.41, 5.74) is 2.91. The summed E-state index contributed by atoms with van der Waals surface area (Å²) < 4.78 is 10.9. The lowest BCUT2D eigenvalue weighted by atomic mass is 9.94. The average Bonchev–Trinajstić information content (AvgIpc) is 3.16. The molecule has 1 aliphatic heterocycles. The number of benzene rings is 1. The summed E-state index contributed by atoms with van der Waals surface area (Å²) in [5.74, 6) is 2.41. The molecule has 5 rings (SSSR count). The number of aromatic nitrogens is 3. The van der Waals surface area contributed by atoms with E-state index in [1.807, 2.05) is 12.1 Å². The minimum atomic E-state index is 0.710. The van der Waals surface area contributed by atoms with Gasteiger partial charge in [-0.2, -0.15) is 0 Å². The molecule has 3 aromatic rings. The van der Waals surface area contributed by atoms with Crippen LogP contribution in [0, 0.1) is 0 Å². The number of fused-ring (bicyclic) bond motifs is 3. The number of nitrogens with zero attached hydrogens (tertiary/aromatic N) is 4. The third-order valence-electron chi connectivity index (χ3n) is 6.57. The summed E-state index contributed by atoms with van der Waals surface area (Å²) in [6.07, 6.45) is 8.59. The van der Waals surface area contributed by atoms with E-state index in [1.165, 1.54) is 32.1 Å². The van der Waals surface area contributed by atoms with Crippen LogP contribution < -0.4 is 14.4 Å². The number of hydrogen-bond acceptors (Lipinski definition) is 6. The molecule has 2 fully saturated rings. The molecule has 0 unspecified atom stereocenters. The van der Waals surface area contributed by atoms with Gasteiger partial charge in [-0.3, -0.25) is 4.90 Å². The van der Waals surface area contributed by atoms with Gasteiger partial charge in [-0.15, -0.1) is 0 Å². The Balaban J connectivity index is 1.45. The molecule has 29 heavy (non-hydrogen) atoms. The Morgan fingerprint density at radius 2 is 1.66 bits per heavy atom. The van der Waals surface area contributed by atoms with Crippen LogP contribution >= 0.6 is 0 Å². The predicted octanol–water partition coefficient (Wildman–Crippen LogP) is 3.58. The highest BCUT2D eigenvalue weighted by Gasteiger charge is 2.27. The predicted molar refractivity (Wildman–Crippen MR) is 115 cm³/mol. The second-order valence-electron chi connectivity index (χ2n) is 8.11. The van der Waals surface area contributed by atoms with Gasteiger partial charge in [0.25, 0.3) is 0 Å². The van der Waals surface area contributed by atoms with Crippen LogP contribution in [0.4, 0.5) is 5.82 Å². The van der Waals surface area contributed by atoms with E-state index < -0.39 is 0 Å². The van der Waals surface area contributed by atoms with E-state index in [0.29, 0.717) is 11.5 Å². The zero-order valence-electron chi connectivity index (χ0n) is 17.3. The first-order chi connectivity index (χ1) is 14.3. The summed E-state index contributed by atoms with van der Waals surface area (Å²) in [4.78, 5) is 17.8. The number of hydrogen-bond donors (Lipinski definition) is 1. The first-order valence-electron chi connectivity index (χ1n) is 10.7. The highest BCUT2D eigenvalue weighted by Crippen LogP contribution is 2.37. The van der Waals surface area contributed by atoms with Crippen molar-refractivity contribution in [2.45, 2.75) is 38.1 Å². The van der Waals surface area contributed by atoms with Crippen molar-refractivity contribution in [1.29, 1.82) is 0 Å². The topological polar surface area (TPSA) is 66.5 Å². The number of anilines is 1. The second kappa shape index (κ2) is 7.71. The lowest BCUT2D eigenvalue weighted by Gasteiger charge is -2.41. The zero-order valence-corrected chi connectivity index (χ0v) is 17.3. The molecule has 1 aliphatic carbocycles. The minimum Gasteiger partial charge on any atom is -0.493 e. The molecular weight excluding hydrogens is 366 g/mol. The number of H-pyrrole nitrogens is 1. The van der Waals surface area contributed by atoms with Crippen LogP contribution in [0.3, 0.4) is 0 Å². The van der Waals surface area contributed by atoms with E-state index >= 15 is 0 Å². The van der Waals surface area contributed by atoms with Gasteiger partial charge in [-0.1, -0.05) is 19.3 Å². The van der Waals surface area contributed by atoms with E-state index in [9.17, 15) is 0 Å². The molecule has 2 aliphatic rings. The van der Waals surface area contributed by atoms with E-state index in [2.05, 4.69) is 24.8 Å². The van der Waals surface area contributed by atoms with E-state index in [1.54, 1.807) is 20.5 Å². The van der Waals surface area contributed by atoms with Crippen molar-refractivity contribution in [3.8, 4) is 11.5 Å². The number of aromatic amines is 1. The van der Waals surface area contributed by atoms with E-state index in [4.69, 9.17) is 9.47 Å². The standard InChI is InChI=1S/C22H29N5O2/c1-28-18-12-16-17(13-19(18)29-2)25-21-20(16)23-14-24-22(21)27-10-8-26(9-11-27)15-6-4-3-5-7-15/h12-15,25H,3-11H2,1-2H3. The van der Waals surface area contributed by atoms with Crippen LogP contribution in [0.1, 0.15) is 32.1 Å². The Labute approximate surface area is 171 Å². The minimum absolute atomic E-state index is 0.710. The Morgan fingerprint density at radius 1 is 0.931 bits per heavy atom. The smallest absolute Gasteiger partial charge is 0.162 e. The van der Waals surface area contributed by atoms with Crippen molar-refractivity contribution in [2.24, 2.45) is 0 Å². The van der Waals surface area contributed by atoms with E-state index in [0.717, 1.165) is 60.0 Å². The monoisotopic (exact) mass is 395 g/mol. The molecule has 7 nitrogen and oxygen atoms in total. The molecule has 1 saturated carbocycles. The first-order valence-corrected chi connectivity index (χ1v) is 10.7. The maximum absolute atomic E-state index is 5.48. The third kappa shape index (κ3) is 3.27. The van der Waals surface area contributed by atoms with E-state index in [-0.39, 0.29) is 0 Å². The molecule has 2 aromatic heterocycles. The van der Waals surface area contributed by atoms with Crippen molar-refractivity contribution in [2.75, 3.05) is 45.3 Å². The number of nitrogens with one attached hydrogen (secondary N) is 1. The molecule has 0 radical (unpaired) electrons. The fourth-order valence-electron chi connectivity index (χ4n) is 4.99. The van der Waals surface area contributed by atoms with Crippen molar-refractivity contribution >= 4 is 27.8 Å². The van der Waals surface area contributed by atoms with Gasteiger partial charge in [-0.05, 0) is 18.9 Å². The molecule has 1 saturated heterocycles. The van der Waals surface area contributed by atoms with Gasteiger partial charge in [0.05, 0.1) is 19.7 Å². The average molecular weight is 396 g/mol. The number of ether oxygens (including phenoxy) is 2. The van der Waals surface area contributed by atoms with Crippen LogP contribution in [0.15, 0.2) is 18.5 Å². The van der Waals surface area contributed by atoms with Gasteiger partial charge in [0.15, 0.2) is 17.3 Å². The lowest BCUT2D eigenvalue weighted by molar-refractivity contribution is 0.148. The maximum atomic E-state index is 5.48. The Bertz CT molecular complexity index is 1000. The largest absolute Gasteiger partial charge is 0.493 e. The number of piperazine rings is 1. The van der Waals surface area contributed by atoms with Gasteiger partial charge in [0, 0.05) is 43.7 Å². The fraction of sp³-hybridized carbons (Fsp3) is 0.545. The van der Waals surface area contributed by atoms with Crippen LogP contribution in [-0.2, 0) is 0 Å². The molecule has 1 aromatic carbocycles. The SMILES string of the molecule is COc1cc2[nH]c3c(N4CCN(C5CCCCC5)CC4)ncnc3c2cc1OC. The number of rotatable bonds is 4. The highest BCUT2D eigenvalue weighted by atomic mass is 16.5. The molecule has 3 heterocycles. The maximum Gasteiger partial charge on any atom is 0.162 e. The summed E-state index contributed by atoms with van der Waals surface area (Å²) >= 11 is 0. The number of methoxy groups -OCH3 is 2. The molecule has 154 valence electrons. The van der Waals surface area contributed by atoms with Crippen LogP contribution in [0.5, 0.6) is 11.5 Å². The van der Waals surface area contributed by atoms with Gasteiger partial charge < -0.3 is 19.4 Å². The Morgan fingerprint density at radius 3 is 2.38 bits per heavy atom. The lowest BCUT2D eigenvalue weighted by Crippen LogP contribution is -2.51. The Kier molecular flexibility index (Phi) is 4.91. The molecule has 0 amide bonds. The second-order valence-corrected chi connectivity index (χ2v) is 8.11. The zero-order chi connectivity index (χ0) is 19.8. The van der Waals surface area contributed by atoms with Crippen LogP contribution in [-0.4, -0.2) is 66.3 Å². The summed E-state index contributed by atoms with van der Waals surface area (Å²) in [6, 6.07) is 4.75. The normalized spacial score (nSPS) is 19.2. The Hall–Kier alpha value is -2.54. The molecule has 0 atom stereocenters. The van der Waals surface area contributed by atoms with Gasteiger partial charge in [0.1, 0.15) is 17.4 Å². The quantitative estimate of drug-likeness (QED) is 0.728. The molecular formula is C22H29N5O2. The summed E-state index contributed by atoms with van der Waals surface area (Å²) in [7, 11) is 3.31. The van der Waals surface area contributed by atoms with Gasteiger partial charge in [0.2, 0.25) is 0 Å². The van der Waals surface area contributed by atoms with Crippen molar-refractivity contribution < 1.29 is 9.47 Å². The van der Waals surface area contributed by atoms with Crippen molar-refractivity contribution in [3.63, 3.8) is 0 Å². The van der Waals surface area contributed by atoms with Crippen LogP contribution in [0.25, 0.3) is 21.9 Å². The highest BCUT2D eigenvalue weighted by molar-refractivity contribution is 6.09. The third-order valence-corrected chi connectivity index (χ3v) is 6.57. The van der Waals surface area contributed by atoms with Crippen molar-refractivity contribution in [3.05, 3.63) is 18.5 Å². The van der Waals surface area contributed by atoms with Crippen LogP contribution in [0.2, 0.25) is 0 Å². The molecule has 0 spiro atoms. The first kappa shape index (κ1) is 18.5. The summed E-state index contributed by atoms with van der Waals surface area (Å²) in [5, 5.41) is 1.03. The van der Waals surface area contributed by atoms with Crippen molar-refractivity contribution in [1.82, 2.24) is 19.9 Å². The van der Waals surface area contributed by atoms with Gasteiger partial charge in [-0.25, -0.2) is 9.97 Å². The summed E-state index contributed by atoms with van der Waals surface area (Å²) in [6.45, 7) is 4.23. The van der Waals surface area contributed by atoms with Gasteiger partial charge >= 0.3 is 0 Å². The molecule has 0 bridgehead atoms. The molecule has 1 N–H and O–H groups in total. The molecule has 7 heteroatoms. The fourth-order valence-corrected chi connectivity index (χ4v) is 4.99.